The van der Waals surface area contributed by atoms with Gasteiger partial charge in [0.05, 0.1) is 24.2 Å². The molecule has 0 unspecified atom stereocenters. The van der Waals surface area contributed by atoms with Crippen molar-refractivity contribution in [1.29, 1.82) is 0 Å². The molecule has 0 fully saturated rings. The van der Waals surface area contributed by atoms with Gasteiger partial charge in [0.15, 0.2) is 5.82 Å². The molecule has 4 rings (SSSR count). The molecule has 0 saturated heterocycles. The van der Waals surface area contributed by atoms with Crippen LogP contribution < -0.4 is 10.3 Å². The Morgan fingerprint density at radius 2 is 1.85 bits per heavy atom. The molecular formula is C26H32N6O2. The van der Waals surface area contributed by atoms with Crippen LogP contribution in [0.25, 0.3) is 10.9 Å². The lowest BCUT2D eigenvalue weighted by molar-refractivity contribution is 0.153. The highest BCUT2D eigenvalue weighted by Gasteiger charge is 2.29. The Bertz CT molecular complexity index is 1310. The first-order chi connectivity index (χ1) is 16.3. The van der Waals surface area contributed by atoms with E-state index in [0.717, 1.165) is 28.7 Å². The van der Waals surface area contributed by atoms with Gasteiger partial charge in [-0.1, -0.05) is 37.3 Å². The first-order valence-corrected chi connectivity index (χ1v) is 11.6. The van der Waals surface area contributed by atoms with Crippen LogP contribution in [0.15, 0.2) is 59.4 Å². The number of hydrogen-bond donors (Lipinski definition) is 1. The van der Waals surface area contributed by atoms with E-state index in [1.807, 2.05) is 47.1 Å². The molecule has 8 nitrogen and oxygen atoms in total. The Labute approximate surface area is 199 Å². The summed E-state index contributed by atoms with van der Waals surface area (Å²) < 4.78 is 7.18. The number of rotatable bonds is 8. The largest absolute Gasteiger partial charge is 0.497 e. The zero-order chi connectivity index (χ0) is 24.3. The van der Waals surface area contributed by atoms with E-state index in [4.69, 9.17) is 4.74 Å². The van der Waals surface area contributed by atoms with Gasteiger partial charge in [-0.25, -0.2) is 4.68 Å². The molecule has 4 aromatic rings. The molecule has 2 heterocycles. The molecule has 1 N–H and O–H groups in total. The number of ether oxygens (including phenoxy) is 1. The highest BCUT2D eigenvalue weighted by atomic mass is 16.5. The van der Waals surface area contributed by atoms with Gasteiger partial charge in [-0.2, -0.15) is 0 Å². The van der Waals surface area contributed by atoms with Crippen molar-refractivity contribution in [3.63, 3.8) is 0 Å². The third kappa shape index (κ3) is 5.02. The smallest absolute Gasteiger partial charge is 0.252 e. The fourth-order valence-electron chi connectivity index (χ4n) is 4.27. The minimum absolute atomic E-state index is 0.0691. The van der Waals surface area contributed by atoms with Crippen LogP contribution >= 0.6 is 0 Å². The van der Waals surface area contributed by atoms with Gasteiger partial charge in [-0.05, 0) is 66.8 Å². The summed E-state index contributed by atoms with van der Waals surface area (Å²) in [6.07, 6.45) is 0.798. The van der Waals surface area contributed by atoms with Crippen LogP contribution in [0.1, 0.15) is 57.1 Å². The molecule has 34 heavy (non-hydrogen) atoms. The molecule has 0 saturated carbocycles. The van der Waals surface area contributed by atoms with Gasteiger partial charge in [0.1, 0.15) is 5.75 Å². The van der Waals surface area contributed by atoms with Crippen molar-refractivity contribution in [1.82, 2.24) is 30.1 Å². The second kappa shape index (κ2) is 9.77. The van der Waals surface area contributed by atoms with Gasteiger partial charge in [0.25, 0.3) is 5.56 Å². The fourth-order valence-corrected chi connectivity index (χ4v) is 4.27. The molecule has 2 aromatic carbocycles. The minimum atomic E-state index is -0.260. The van der Waals surface area contributed by atoms with Gasteiger partial charge >= 0.3 is 0 Å². The van der Waals surface area contributed by atoms with Crippen molar-refractivity contribution in [3.8, 4) is 5.75 Å². The minimum Gasteiger partial charge on any atom is -0.497 e. The van der Waals surface area contributed by atoms with Crippen molar-refractivity contribution < 1.29 is 4.74 Å². The first-order valence-electron chi connectivity index (χ1n) is 11.6. The van der Waals surface area contributed by atoms with Gasteiger partial charge in [0.2, 0.25) is 0 Å². The van der Waals surface area contributed by atoms with E-state index in [9.17, 15) is 4.79 Å². The molecule has 8 heteroatoms. The SMILES string of the molecule is CC[C@H](c1nnnn1C(C)(C)C)N(Cc1ccccc1)Cc1cc2ccc(OC)cc2[nH]c1=O. The number of hydrogen-bond acceptors (Lipinski definition) is 6. The third-order valence-corrected chi connectivity index (χ3v) is 5.99. The topological polar surface area (TPSA) is 88.9 Å². The lowest BCUT2D eigenvalue weighted by Crippen LogP contribution is -2.35. The molecule has 0 aliphatic heterocycles. The van der Waals surface area contributed by atoms with E-state index < -0.39 is 0 Å². The first kappa shape index (κ1) is 23.6. The fraction of sp³-hybridized carbons (Fsp3) is 0.385. The van der Waals surface area contributed by atoms with E-state index in [-0.39, 0.29) is 17.1 Å². The standard InChI is InChI=1S/C26H32N6O2/c1-6-23(24-28-29-30-32(24)26(2,3)4)31(16-18-10-8-7-9-11-18)17-20-14-19-12-13-21(34-5)15-22(19)27-25(20)33/h7-15,23H,6,16-17H2,1-5H3,(H,27,33)/t23-/m1/s1. The second-order valence-corrected chi connectivity index (χ2v) is 9.51. The number of nitrogens with one attached hydrogen (secondary N) is 1. The van der Waals surface area contributed by atoms with Crippen molar-refractivity contribution in [2.75, 3.05) is 7.11 Å². The summed E-state index contributed by atoms with van der Waals surface area (Å²) in [5.41, 5.74) is 2.25. The quantitative estimate of drug-likeness (QED) is 0.418. The number of nitrogens with zero attached hydrogens (tertiary/aromatic N) is 5. The van der Waals surface area contributed by atoms with Crippen molar-refractivity contribution in [2.45, 2.75) is 58.8 Å². The van der Waals surface area contributed by atoms with Crippen LogP contribution in [-0.2, 0) is 18.6 Å². The van der Waals surface area contributed by atoms with E-state index in [1.54, 1.807) is 7.11 Å². The summed E-state index contributed by atoms with van der Waals surface area (Å²) in [6.45, 7) is 9.51. The zero-order valence-corrected chi connectivity index (χ0v) is 20.4. The van der Waals surface area contributed by atoms with Crippen LogP contribution in [0.4, 0.5) is 0 Å². The summed E-state index contributed by atoms with van der Waals surface area (Å²) >= 11 is 0. The van der Waals surface area contributed by atoms with Crippen molar-refractivity contribution in [3.05, 3.63) is 81.9 Å². The van der Waals surface area contributed by atoms with Gasteiger partial charge < -0.3 is 9.72 Å². The van der Waals surface area contributed by atoms with Crippen LogP contribution in [0.3, 0.4) is 0 Å². The monoisotopic (exact) mass is 460 g/mol. The molecule has 0 spiro atoms. The van der Waals surface area contributed by atoms with E-state index in [0.29, 0.717) is 24.4 Å². The number of pyridine rings is 1. The summed E-state index contributed by atoms with van der Waals surface area (Å²) in [5, 5.41) is 13.6. The molecule has 0 aliphatic carbocycles. The Morgan fingerprint density at radius 3 is 2.53 bits per heavy atom. The van der Waals surface area contributed by atoms with Crippen molar-refractivity contribution >= 4 is 10.9 Å². The lowest BCUT2D eigenvalue weighted by Gasteiger charge is -2.32. The third-order valence-electron chi connectivity index (χ3n) is 5.99. The average molecular weight is 461 g/mol. The molecule has 0 bridgehead atoms. The van der Waals surface area contributed by atoms with Crippen LogP contribution in [0.5, 0.6) is 5.75 Å². The van der Waals surface area contributed by atoms with Gasteiger partial charge in [-0.3, -0.25) is 9.69 Å². The maximum Gasteiger partial charge on any atom is 0.252 e. The molecule has 1 atom stereocenters. The maximum atomic E-state index is 13.1. The normalized spacial score (nSPS) is 12.9. The van der Waals surface area contributed by atoms with Crippen LogP contribution in [0.2, 0.25) is 0 Å². The summed E-state index contributed by atoms with van der Waals surface area (Å²) in [7, 11) is 1.62. The number of methoxy groups -OCH3 is 1. The van der Waals surface area contributed by atoms with E-state index in [1.165, 1.54) is 0 Å². The summed E-state index contributed by atoms with van der Waals surface area (Å²) in [4.78, 5) is 18.4. The number of aromatic amines is 1. The molecular weight excluding hydrogens is 428 g/mol. The van der Waals surface area contributed by atoms with Gasteiger partial charge in [-0.15, -0.1) is 5.10 Å². The van der Waals surface area contributed by atoms with E-state index in [2.05, 4.69) is 65.2 Å². The highest BCUT2D eigenvalue weighted by molar-refractivity contribution is 5.80. The number of aromatic nitrogens is 5. The Hall–Kier alpha value is -3.52. The Morgan fingerprint density at radius 1 is 1.09 bits per heavy atom. The summed E-state index contributed by atoms with van der Waals surface area (Å²) in [6, 6.07) is 17.9. The van der Waals surface area contributed by atoms with Crippen LogP contribution in [-0.4, -0.2) is 37.2 Å². The molecule has 0 amide bonds. The van der Waals surface area contributed by atoms with Crippen molar-refractivity contribution in [2.24, 2.45) is 0 Å². The Kier molecular flexibility index (Phi) is 6.79. The lowest BCUT2D eigenvalue weighted by atomic mass is 10.1. The number of tetrazole rings is 1. The number of benzene rings is 2. The molecule has 2 aromatic heterocycles. The van der Waals surface area contributed by atoms with E-state index >= 15 is 0 Å². The number of fused-ring (bicyclic) bond motifs is 1. The average Bonchev–Trinajstić information content (AvgIpc) is 3.30. The van der Waals surface area contributed by atoms with Gasteiger partial charge in [0, 0.05) is 24.7 Å². The predicted molar refractivity (Wildman–Crippen MR) is 133 cm³/mol. The molecule has 0 aliphatic rings. The second-order valence-electron chi connectivity index (χ2n) is 9.51. The van der Waals surface area contributed by atoms with Crippen LogP contribution in [0, 0.1) is 0 Å². The highest BCUT2D eigenvalue weighted by Crippen LogP contribution is 2.29. The Balaban J connectivity index is 1.75. The molecule has 0 radical (unpaired) electrons. The maximum absolute atomic E-state index is 13.1. The predicted octanol–water partition coefficient (Wildman–Crippen LogP) is 4.43. The molecule has 178 valence electrons. The number of H-pyrrole nitrogens is 1. The zero-order valence-electron chi connectivity index (χ0n) is 20.4. The summed E-state index contributed by atoms with van der Waals surface area (Å²) in [5.74, 6) is 1.51.